The minimum absolute atomic E-state index is 0.0695. The third-order valence-corrected chi connectivity index (χ3v) is 3.43. The van der Waals surface area contributed by atoms with E-state index >= 15 is 0 Å². The monoisotopic (exact) mass is 271 g/mol. The fourth-order valence-corrected chi connectivity index (χ4v) is 2.21. The van der Waals surface area contributed by atoms with Crippen molar-refractivity contribution in [1.82, 2.24) is 9.80 Å². The molecule has 0 unspecified atom stereocenters. The van der Waals surface area contributed by atoms with E-state index in [-0.39, 0.29) is 5.91 Å². The molecule has 0 spiro atoms. The molecular weight excluding hydrogens is 250 g/mol. The number of nitrogens with two attached hydrogens (primary N) is 1. The molecule has 0 atom stereocenters. The highest BCUT2D eigenvalue weighted by molar-refractivity contribution is 5.91. The second-order valence-corrected chi connectivity index (χ2v) is 4.91. The van der Waals surface area contributed by atoms with Gasteiger partial charge in [-0.15, -0.1) is 6.58 Å². The van der Waals surface area contributed by atoms with E-state index in [0.29, 0.717) is 0 Å². The predicted octanol–water partition coefficient (Wildman–Crippen LogP) is 1.61. The fourth-order valence-electron chi connectivity index (χ4n) is 2.21. The Morgan fingerprint density at radius 1 is 1.20 bits per heavy atom. The molecule has 2 rings (SSSR count). The Balaban J connectivity index is 1.86. The van der Waals surface area contributed by atoms with E-state index in [9.17, 15) is 4.79 Å². The SMILES string of the molecule is C=CCN1CCN(C(=O)/C=C/c2ccc(N)cc2)CC1. The van der Waals surface area contributed by atoms with Crippen molar-refractivity contribution in [2.24, 2.45) is 0 Å². The second kappa shape index (κ2) is 6.91. The molecular formula is C16H21N3O. The topological polar surface area (TPSA) is 49.6 Å². The lowest BCUT2D eigenvalue weighted by atomic mass is 10.2. The smallest absolute Gasteiger partial charge is 0.246 e. The highest BCUT2D eigenvalue weighted by Crippen LogP contribution is 2.08. The molecule has 4 heteroatoms. The average Bonchev–Trinajstić information content (AvgIpc) is 2.47. The Morgan fingerprint density at radius 3 is 2.45 bits per heavy atom. The first-order valence-corrected chi connectivity index (χ1v) is 6.85. The van der Waals surface area contributed by atoms with Gasteiger partial charge in [0.2, 0.25) is 5.91 Å². The largest absolute Gasteiger partial charge is 0.399 e. The van der Waals surface area contributed by atoms with Crippen LogP contribution in [0.1, 0.15) is 5.56 Å². The van der Waals surface area contributed by atoms with Crippen LogP contribution in [0.4, 0.5) is 5.69 Å². The normalized spacial score (nSPS) is 16.5. The average molecular weight is 271 g/mol. The lowest BCUT2D eigenvalue weighted by molar-refractivity contribution is -0.127. The molecule has 1 amide bonds. The van der Waals surface area contributed by atoms with Crippen molar-refractivity contribution >= 4 is 17.7 Å². The van der Waals surface area contributed by atoms with E-state index in [1.807, 2.05) is 41.3 Å². The number of carbonyl (C=O) groups is 1. The van der Waals surface area contributed by atoms with Crippen molar-refractivity contribution in [3.63, 3.8) is 0 Å². The summed E-state index contributed by atoms with van der Waals surface area (Å²) in [5, 5.41) is 0. The summed E-state index contributed by atoms with van der Waals surface area (Å²) >= 11 is 0. The van der Waals surface area contributed by atoms with Crippen molar-refractivity contribution in [3.05, 3.63) is 48.6 Å². The minimum atomic E-state index is 0.0695. The van der Waals surface area contributed by atoms with Crippen molar-refractivity contribution < 1.29 is 4.79 Å². The van der Waals surface area contributed by atoms with Crippen LogP contribution in [-0.2, 0) is 4.79 Å². The molecule has 20 heavy (non-hydrogen) atoms. The minimum Gasteiger partial charge on any atom is -0.399 e. The van der Waals surface area contributed by atoms with E-state index in [4.69, 9.17) is 5.73 Å². The number of nitrogens with zero attached hydrogens (tertiary/aromatic N) is 2. The van der Waals surface area contributed by atoms with Crippen molar-refractivity contribution in [2.45, 2.75) is 0 Å². The predicted molar refractivity (Wildman–Crippen MR) is 83.1 cm³/mol. The van der Waals surface area contributed by atoms with Crippen molar-refractivity contribution in [1.29, 1.82) is 0 Å². The summed E-state index contributed by atoms with van der Waals surface area (Å²) in [6.07, 6.45) is 5.37. The van der Waals surface area contributed by atoms with Gasteiger partial charge in [-0.05, 0) is 23.8 Å². The Morgan fingerprint density at radius 2 is 1.85 bits per heavy atom. The zero-order valence-electron chi connectivity index (χ0n) is 11.7. The fraction of sp³-hybridized carbons (Fsp3) is 0.312. The summed E-state index contributed by atoms with van der Waals surface area (Å²) in [6.45, 7) is 8.00. The van der Waals surface area contributed by atoms with Crippen molar-refractivity contribution in [3.8, 4) is 0 Å². The van der Waals surface area contributed by atoms with Gasteiger partial charge in [-0.2, -0.15) is 0 Å². The maximum absolute atomic E-state index is 12.1. The van der Waals surface area contributed by atoms with Crippen LogP contribution in [0.25, 0.3) is 6.08 Å². The number of rotatable bonds is 4. The van der Waals surface area contributed by atoms with Gasteiger partial charge in [0.05, 0.1) is 0 Å². The zero-order valence-corrected chi connectivity index (χ0v) is 11.7. The van der Waals surface area contributed by atoms with E-state index in [1.54, 1.807) is 6.08 Å². The third kappa shape index (κ3) is 3.96. The summed E-state index contributed by atoms with van der Waals surface area (Å²) in [4.78, 5) is 16.3. The molecule has 1 aromatic carbocycles. The molecule has 1 aliphatic rings. The number of hydrogen-bond acceptors (Lipinski definition) is 3. The maximum Gasteiger partial charge on any atom is 0.246 e. The molecule has 0 aromatic heterocycles. The molecule has 0 saturated carbocycles. The van der Waals surface area contributed by atoms with Crippen LogP contribution in [0.2, 0.25) is 0 Å². The quantitative estimate of drug-likeness (QED) is 0.514. The van der Waals surface area contributed by atoms with E-state index < -0.39 is 0 Å². The molecule has 0 aliphatic carbocycles. The first-order valence-electron chi connectivity index (χ1n) is 6.85. The number of anilines is 1. The van der Waals surface area contributed by atoms with Gasteiger partial charge >= 0.3 is 0 Å². The lowest BCUT2D eigenvalue weighted by Crippen LogP contribution is -2.48. The molecule has 1 aromatic rings. The summed E-state index contributed by atoms with van der Waals surface area (Å²) in [7, 11) is 0. The van der Waals surface area contributed by atoms with Crippen LogP contribution in [0, 0.1) is 0 Å². The highest BCUT2D eigenvalue weighted by Gasteiger charge is 2.18. The lowest BCUT2D eigenvalue weighted by Gasteiger charge is -2.33. The van der Waals surface area contributed by atoms with Gasteiger partial charge in [-0.1, -0.05) is 18.2 Å². The molecule has 2 N–H and O–H groups in total. The first kappa shape index (κ1) is 14.3. The van der Waals surface area contributed by atoms with E-state index in [0.717, 1.165) is 44.0 Å². The number of piperazine rings is 1. The summed E-state index contributed by atoms with van der Waals surface area (Å²) in [5.74, 6) is 0.0695. The van der Waals surface area contributed by atoms with Gasteiger partial charge in [0.25, 0.3) is 0 Å². The maximum atomic E-state index is 12.1. The van der Waals surface area contributed by atoms with Gasteiger partial charge in [0.1, 0.15) is 0 Å². The standard InChI is InChI=1S/C16H21N3O/c1-2-9-18-10-12-19(13-11-18)16(20)8-5-14-3-6-15(17)7-4-14/h2-8H,1,9-13,17H2/b8-5+. The van der Waals surface area contributed by atoms with E-state index in [2.05, 4.69) is 11.5 Å². The summed E-state index contributed by atoms with van der Waals surface area (Å²) < 4.78 is 0. The Kier molecular flexibility index (Phi) is 4.96. The molecule has 0 bridgehead atoms. The molecule has 1 aliphatic heterocycles. The van der Waals surface area contributed by atoms with Crippen LogP contribution in [0.15, 0.2) is 43.0 Å². The Hall–Kier alpha value is -2.07. The molecule has 106 valence electrons. The van der Waals surface area contributed by atoms with Crippen LogP contribution in [-0.4, -0.2) is 48.4 Å². The van der Waals surface area contributed by atoms with Crippen LogP contribution < -0.4 is 5.73 Å². The first-order chi connectivity index (χ1) is 9.69. The van der Waals surface area contributed by atoms with Gasteiger partial charge in [-0.25, -0.2) is 0 Å². The molecule has 1 fully saturated rings. The van der Waals surface area contributed by atoms with E-state index in [1.165, 1.54) is 0 Å². The van der Waals surface area contributed by atoms with Gasteiger partial charge in [0.15, 0.2) is 0 Å². The summed E-state index contributed by atoms with van der Waals surface area (Å²) in [6, 6.07) is 7.47. The molecule has 1 saturated heterocycles. The summed E-state index contributed by atoms with van der Waals surface area (Å²) in [5.41, 5.74) is 7.34. The zero-order chi connectivity index (χ0) is 14.4. The Bertz CT molecular complexity index is 485. The van der Waals surface area contributed by atoms with Crippen LogP contribution in [0.5, 0.6) is 0 Å². The molecule has 4 nitrogen and oxygen atoms in total. The molecule has 1 heterocycles. The van der Waals surface area contributed by atoms with Gasteiger partial charge < -0.3 is 10.6 Å². The Labute approximate surface area is 120 Å². The van der Waals surface area contributed by atoms with Gasteiger partial charge in [0, 0.05) is 44.5 Å². The number of carbonyl (C=O) groups excluding carboxylic acids is 1. The number of benzene rings is 1. The third-order valence-electron chi connectivity index (χ3n) is 3.43. The number of nitrogen functional groups attached to an aromatic ring is 1. The number of hydrogen-bond donors (Lipinski definition) is 1. The second-order valence-electron chi connectivity index (χ2n) is 4.91. The van der Waals surface area contributed by atoms with Crippen LogP contribution in [0.3, 0.4) is 0 Å². The van der Waals surface area contributed by atoms with Crippen LogP contribution >= 0.6 is 0 Å². The molecule has 0 radical (unpaired) electrons. The number of amides is 1. The van der Waals surface area contributed by atoms with Gasteiger partial charge in [-0.3, -0.25) is 9.69 Å². The van der Waals surface area contributed by atoms with Crippen molar-refractivity contribution in [2.75, 3.05) is 38.5 Å². The highest BCUT2D eigenvalue weighted by atomic mass is 16.2.